The molecule has 0 heterocycles. The number of ether oxygens (including phenoxy) is 2. The van der Waals surface area contributed by atoms with Crippen LogP contribution in [0.1, 0.15) is 19.3 Å². The van der Waals surface area contributed by atoms with Crippen molar-refractivity contribution >= 4 is 84.3 Å². The molecule has 0 rings (SSSR count). The summed E-state index contributed by atoms with van der Waals surface area (Å²) in [5.74, 6) is 3.40. The Bertz CT molecular complexity index is 656. The van der Waals surface area contributed by atoms with Gasteiger partial charge in [0.1, 0.15) is 24.6 Å². The summed E-state index contributed by atoms with van der Waals surface area (Å²) in [7, 11) is 2.64. The highest BCUT2D eigenvalue weighted by Crippen LogP contribution is 1.81. The lowest BCUT2D eigenvalue weighted by Crippen LogP contribution is -1.96. The first kappa shape index (κ1) is 39.2. The molecule has 0 saturated heterocycles. The van der Waals surface area contributed by atoms with Crippen LogP contribution in [0, 0.1) is 35.4 Å². The number of carboxylic acids is 3. The number of esters is 2. The first-order chi connectivity index (χ1) is 14.4. The van der Waals surface area contributed by atoms with E-state index in [1.165, 1.54) is 14.2 Å². The summed E-state index contributed by atoms with van der Waals surface area (Å²) in [6, 6.07) is 0. The molecule has 0 aliphatic rings. The van der Waals surface area contributed by atoms with Gasteiger partial charge in [-0.1, -0.05) is 56.3 Å². The minimum atomic E-state index is -0.947. The number of methoxy groups -OCH3 is 2. The monoisotopic (exact) mass is 682 g/mol. The Kier molecular flexibility index (Phi) is 44.5. The van der Waals surface area contributed by atoms with Crippen LogP contribution in [-0.2, 0) is 33.4 Å². The standard InChI is InChI=1S/C5H5BrO2.C5H6O2.C4H4O2.C2H3BrO2.C2H3IO2/c1-8-5(7)3-2-4-6;1-3-4-5(6)7-2;1-2-3-4(5)6;2*3-1-2(4)5/h3H2,1H3;1H,4H2,2H3;1H,3H2,(H,5,6);2*1H2,(H,4,5). The quantitative estimate of drug-likeness (QED) is 0.169. The normalized spacial score (nSPS) is 6.94. The maximum Gasteiger partial charge on any atom is 0.317 e. The molecule has 3 N–H and O–H groups in total. The summed E-state index contributed by atoms with van der Waals surface area (Å²) in [6.45, 7) is 0. The fraction of sp³-hybridized carbons (Fsp3) is 0.389. The van der Waals surface area contributed by atoms with Crippen LogP contribution in [0.25, 0.3) is 0 Å². The predicted molar refractivity (Wildman–Crippen MR) is 128 cm³/mol. The number of hydrogen-bond acceptors (Lipinski definition) is 7. The number of alkyl halides is 2. The van der Waals surface area contributed by atoms with Crippen molar-refractivity contribution < 1.29 is 48.8 Å². The number of hydrogen-bond donors (Lipinski definition) is 3. The van der Waals surface area contributed by atoms with Crippen molar-refractivity contribution in [2.24, 2.45) is 0 Å². The number of carbonyl (C=O) groups excluding carboxylic acids is 2. The molecule has 0 fully saturated rings. The van der Waals surface area contributed by atoms with E-state index in [9.17, 15) is 24.0 Å². The second kappa shape index (κ2) is 35.2. The Morgan fingerprint density at radius 2 is 1.19 bits per heavy atom. The van der Waals surface area contributed by atoms with Crippen LogP contribution >= 0.6 is 54.5 Å². The Hall–Kier alpha value is -2.28. The molecule has 0 aliphatic heterocycles. The van der Waals surface area contributed by atoms with Gasteiger partial charge in [0.15, 0.2) is 0 Å². The van der Waals surface area contributed by atoms with Crippen molar-refractivity contribution in [3.05, 3.63) is 0 Å². The molecule has 0 unspecified atom stereocenters. The van der Waals surface area contributed by atoms with Crippen LogP contribution in [-0.4, -0.2) is 69.1 Å². The minimum absolute atomic E-state index is 0.0347. The summed E-state index contributed by atoms with van der Waals surface area (Å²) in [6.07, 6.45) is 9.39. The van der Waals surface area contributed by atoms with E-state index in [4.69, 9.17) is 21.7 Å². The topological polar surface area (TPSA) is 164 Å². The fourth-order valence-corrected chi connectivity index (χ4v) is 0.561. The third-order valence-electron chi connectivity index (χ3n) is 1.48. The maximum atomic E-state index is 10.2. The van der Waals surface area contributed by atoms with E-state index in [1.807, 2.05) is 5.92 Å². The lowest BCUT2D eigenvalue weighted by molar-refractivity contribution is -0.140. The van der Waals surface area contributed by atoms with Gasteiger partial charge in [-0.2, -0.15) is 0 Å². The molecule has 0 bridgehead atoms. The molecule has 13 heteroatoms. The van der Waals surface area contributed by atoms with E-state index in [-0.39, 0.29) is 41.0 Å². The van der Waals surface area contributed by atoms with Crippen molar-refractivity contribution in [2.75, 3.05) is 24.0 Å². The van der Waals surface area contributed by atoms with E-state index in [2.05, 4.69) is 64.4 Å². The van der Waals surface area contributed by atoms with Gasteiger partial charge in [-0.25, -0.2) is 0 Å². The first-order valence-corrected chi connectivity index (χ1v) is 10.7. The number of carboxylic acid groups (broad SMARTS) is 3. The van der Waals surface area contributed by atoms with Gasteiger partial charge < -0.3 is 24.8 Å². The molecule has 10 nitrogen and oxygen atoms in total. The Morgan fingerprint density at radius 1 is 0.839 bits per heavy atom. The summed E-state index contributed by atoms with van der Waals surface area (Å²) in [5, 5.41) is 23.2. The second-order valence-corrected chi connectivity index (χ2v) is 5.53. The molecule has 0 radical (unpaired) electrons. The average Bonchev–Trinajstić information content (AvgIpc) is 2.73. The third-order valence-corrected chi connectivity index (χ3v) is 2.90. The zero-order valence-electron chi connectivity index (χ0n) is 16.5. The minimum Gasteiger partial charge on any atom is -0.481 e. The molecular formula is C18H21Br2IO10. The van der Waals surface area contributed by atoms with Gasteiger partial charge >= 0.3 is 29.8 Å². The van der Waals surface area contributed by atoms with Crippen LogP contribution in [0.2, 0.25) is 0 Å². The number of carbonyl (C=O) groups is 5. The van der Waals surface area contributed by atoms with Gasteiger partial charge in [0.05, 0.1) is 18.6 Å². The zero-order chi connectivity index (χ0) is 25.7. The fourth-order valence-electron chi connectivity index (χ4n) is 0.421. The van der Waals surface area contributed by atoms with Crippen molar-refractivity contribution in [1.82, 2.24) is 0 Å². The molecule has 0 amide bonds. The highest BCUT2D eigenvalue weighted by molar-refractivity contribution is 14.1. The molecule has 0 aromatic heterocycles. The summed E-state index contributed by atoms with van der Waals surface area (Å²) < 4.78 is 8.69. The Labute approximate surface area is 210 Å². The third kappa shape index (κ3) is 74.2. The van der Waals surface area contributed by atoms with Gasteiger partial charge in [-0.15, -0.1) is 12.8 Å². The van der Waals surface area contributed by atoms with Crippen LogP contribution < -0.4 is 0 Å². The highest BCUT2D eigenvalue weighted by Gasteiger charge is 1.92. The smallest absolute Gasteiger partial charge is 0.317 e. The van der Waals surface area contributed by atoms with Crippen LogP contribution in [0.5, 0.6) is 0 Å². The Balaban J connectivity index is -0.0000000920. The average molecular weight is 684 g/mol. The van der Waals surface area contributed by atoms with Crippen molar-refractivity contribution in [1.29, 1.82) is 0 Å². The SMILES string of the molecule is C#CCC(=O)O.C#CCC(=O)OC.COC(=O)CC#CBr.O=C(O)CBr.O=C(O)CI. The van der Waals surface area contributed by atoms with E-state index in [0.29, 0.717) is 0 Å². The van der Waals surface area contributed by atoms with Crippen molar-refractivity contribution in [3.8, 4) is 35.4 Å². The first-order valence-electron chi connectivity index (χ1n) is 7.30. The molecule has 0 saturated carbocycles. The van der Waals surface area contributed by atoms with E-state index >= 15 is 0 Å². The van der Waals surface area contributed by atoms with Crippen molar-refractivity contribution in [2.45, 2.75) is 19.3 Å². The molecule has 0 atom stereocenters. The second-order valence-electron chi connectivity index (χ2n) is 3.81. The molecule has 174 valence electrons. The molecule has 0 aromatic carbocycles. The summed E-state index contributed by atoms with van der Waals surface area (Å²) >= 11 is 7.33. The molecule has 31 heavy (non-hydrogen) atoms. The molecule has 0 aliphatic carbocycles. The van der Waals surface area contributed by atoms with E-state index < -0.39 is 17.9 Å². The summed E-state index contributed by atoms with van der Waals surface area (Å²) in [5.41, 5.74) is 0. The van der Waals surface area contributed by atoms with Gasteiger partial charge in [0.2, 0.25) is 0 Å². The molecule has 0 aromatic rings. The zero-order valence-corrected chi connectivity index (χ0v) is 21.9. The lowest BCUT2D eigenvalue weighted by Gasteiger charge is -1.87. The summed E-state index contributed by atoms with van der Waals surface area (Å²) in [4.78, 5) is 50.8. The van der Waals surface area contributed by atoms with Gasteiger partial charge in [-0.3, -0.25) is 24.0 Å². The number of rotatable bonds is 5. The molecular weight excluding hydrogens is 663 g/mol. The van der Waals surface area contributed by atoms with Gasteiger partial charge in [0.25, 0.3) is 0 Å². The number of aliphatic carboxylic acids is 3. The highest BCUT2D eigenvalue weighted by atomic mass is 127. The predicted octanol–water partition coefficient (Wildman–Crippen LogP) is 2.15. The van der Waals surface area contributed by atoms with Crippen LogP contribution in [0.15, 0.2) is 0 Å². The van der Waals surface area contributed by atoms with Gasteiger partial charge in [0, 0.05) is 15.9 Å². The van der Waals surface area contributed by atoms with Crippen LogP contribution in [0.4, 0.5) is 0 Å². The van der Waals surface area contributed by atoms with E-state index in [0.717, 1.165) is 0 Å². The number of terminal acetylenes is 2. The Morgan fingerprint density at radius 3 is 1.32 bits per heavy atom. The molecule has 0 spiro atoms. The lowest BCUT2D eigenvalue weighted by atomic mass is 10.5. The largest absolute Gasteiger partial charge is 0.481 e. The van der Waals surface area contributed by atoms with Gasteiger partial charge in [-0.05, 0) is 4.83 Å². The maximum absolute atomic E-state index is 10.2. The van der Waals surface area contributed by atoms with Crippen molar-refractivity contribution in [3.63, 3.8) is 0 Å². The number of halogens is 3. The van der Waals surface area contributed by atoms with E-state index in [1.54, 1.807) is 22.6 Å². The van der Waals surface area contributed by atoms with Crippen LogP contribution in [0.3, 0.4) is 0 Å².